The minimum atomic E-state index is -0.452. The smallest absolute Gasteiger partial charge is 0.254 e. The first-order chi connectivity index (χ1) is 12.0. The maximum Gasteiger partial charge on any atom is 0.254 e. The van der Waals surface area contributed by atoms with Crippen molar-refractivity contribution in [3.63, 3.8) is 0 Å². The third-order valence-corrected chi connectivity index (χ3v) is 4.89. The van der Waals surface area contributed by atoms with E-state index >= 15 is 0 Å². The molecule has 2 aliphatic heterocycles. The molecule has 4 rings (SSSR count). The SMILES string of the molecule is Cc1cc(C)n(-c2ccc(C(=O)N3CCO[C@H]4CNC[C@H]43)cc2F)n1.Cl. The van der Waals surface area contributed by atoms with Crippen molar-refractivity contribution < 1.29 is 13.9 Å². The van der Waals surface area contributed by atoms with Crippen LogP contribution in [0, 0.1) is 19.7 Å². The van der Waals surface area contributed by atoms with Gasteiger partial charge in [-0.3, -0.25) is 4.79 Å². The van der Waals surface area contributed by atoms with Gasteiger partial charge in [0.25, 0.3) is 5.91 Å². The third kappa shape index (κ3) is 3.22. The average molecular weight is 381 g/mol. The molecule has 1 aromatic carbocycles. The van der Waals surface area contributed by atoms with Gasteiger partial charge in [-0.15, -0.1) is 12.4 Å². The lowest BCUT2D eigenvalue weighted by molar-refractivity contribution is -0.0364. The summed E-state index contributed by atoms with van der Waals surface area (Å²) in [6.45, 7) is 6.25. The zero-order valence-electron chi connectivity index (χ0n) is 14.7. The van der Waals surface area contributed by atoms with Gasteiger partial charge in [0.2, 0.25) is 0 Å². The maximum atomic E-state index is 14.7. The van der Waals surface area contributed by atoms with Crippen LogP contribution >= 0.6 is 12.4 Å². The lowest BCUT2D eigenvalue weighted by atomic mass is 10.1. The summed E-state index contributed by atoms with van der Waals surface area (Å²) in [6.07, 6.45) is 0.0246. The highest BCUT2D eigenvalue weighted by molar-refractivity contribution is 5.94. The zero-order chi connectivity index (χ0) is 17.6. The molecule has 26 heavy (non-hydrogen) atoms. The number of halogens is 2. The Labute approximate surface area is 157 Å². The average Bonchev–Trinajstić information content (AvgIpc) is 3.19. The van der Waals surface area contributed by atoms with Gasteiger partial charge in [0.05, 0.1) is 24.4 Å². The summed E-state index contributed by atoms with van der Waals surface area (Å²) in [7, 11) is 0. The minimum absolute atomic E-state index is 0. The van der Waals surface area contributed by atoms with Crippen molar-refractivity contribution in [1.82, 2.24) is 20.0 Å². The van der Waals surface area contributed by atoms with Crippen LogP contribution in [-0.2, 0) is 4.74 Å². The van der Waals surface area contributed by atoms with Crippen LogP contribution < -0.4 is 5.32 Å². The molecule has 2 aliphatic rings. The molecule has 2 fully saturated rings. The Hall–Kier alpha value is -1.96. The van der Waals surface area contributed by atoms with E-state index < -0.39 is 5.82 Å². The molecule has 8 heteroatoms. The number of carbonyl (C=O) groups excluding carboxylic acids is 1. The van der Waals surface area contributed by atoms with E-state index in [-0.39, 0.29) is 30.5 Å². The standard InChI is InChI=1S/C18H21FN4O2.ClH/c1-11-7-12(2)23(21-11)15-4-3-13(8-14(15)19)18(24)22-5-6-25-17-10-20-9-16(17)22;/h3-4,7-8,16-17,20H,5-6,9-10H2,1-2H3;1H/t16-,17+;/m1./s1. The summed E-state index contributed by atoms with van der Waals surface area (Å²) in [4.78, 5) is 14.7. The second kappa shape index (κ2) is 7.34. The highest BCUT2D eigenvalue weighted by Crippen LogP contribution is 2.22. The second-order valence-corrected chi connectivity index (χ2v) is 6.64. The first kappa shape index (κ1) is 18.8. The summed E-state index contributed by atoms with van der Waals surface area (Å²) in [5, 5.41) is 7.55. The quantitative estimate of drug-likeness (QED) is 0.864. The molecule has 0 bridgehead atoms. The van der Waals surface area contributed by atoms with E-state index in [2.05, 4.69) is 10.4 Å². The Bertz CT molecular complexity index is 826. The summed E-state index contributed by atoms with van der Waals surface area (Å²) >= 11 is 0. The molecule has 140 valence electrons. The molecule has 0 unspecified atom stereocenters. The fourth-order valence-corrected chi connectivity index (χ4v) is 3.69. The molecule has 2 saturated heterocycles. The lowest BCUT2D eigenvalue weighted by Gasteiger charge is -2.37. The predicted octanol–water partition coefficient (Wildman–Crippen LogP) is 1.86. The van der Waals surface area contributed by atoms with E-state index in [4.69, 9.17) is 4.74 Å². The predicted molar refractivity (Wildman–Crippen MR) is 97.7 cm³/mol. The number of carbonyl (C=O) groups is 1. The summed E-state index contributed by atoms with van der Waals surface area (Å²) in [5.41, 5.74) is 2.38. The van der Waals surface area contributed by atoms with Crippen LogP contribution in [-0.4, -0.2) is 59.0 Å². The molecule has 0 spiro atoms. The number of rotatable bonds is 2. The third-order valence-electron chi connectivity index (χ3n) is 4.89. The Kier molecular flexibility index (Phi) is 5.32. The van der Waals surface area contributed by atoms with Crippen LogP contribution in [0.25, 0.3) is 5.69 Å². The van der Waals surface area contributed by atoms with Crippen molar-refractivity contribution in [2.75, 3.05) is 26.2 Å². The highest BCUT2D eigenvalue weighted by atomic mass is 35.5. The number of nitrogens with one attached hydrogen (secondary N) is 1. The van der Waals surface area contributed by atoms with Crippen molar-refractivity contribution in [2.45, 2.75) is 26.0 Å². The van der Waals surface area contributed by atoms with Gasteiger partial charge in [0.1, 0.15) is 11.5 Å². The van der Waals surface area contributed by atoms with E-state index in [0.717, 1.165) is 17.9 Å². The van der Waals surface area contributed by atoms with Gasteiger partial charge >= 0.3 is 0 Å². The van der Waals surface area contributed by atoms with Crippen molar-refractivity contribution in [1.29, 1.82) is 0 Å². The Morgan fingerprint density at radius 3 is 2.81 bits per heavy atom. The molecule has 2 aromatic rings. The first-order valence-electron chi connectivity index (χ1n) is 8.51. The first-order valence-corrected chi connectivity index (χ1v) is 8.51. The number of nitrogens with zero attached hydrogens (tertiary/aromatic N) is 3. The molecule has 1 amide bonds. The molecule has 0 radical (unpaired) electrons. The molecule has 0 aliphatic carbocycles. The molecule has 1 N–H and O–H groups in total. The molecular weight excluding hydrogens is 359 g/mol. The lowest BCUT2D eigenvalue weighted by Crippen LogP contribution is -2.53. The molecule has 3 heterocycles. The molecule has 6 nitrogen and oxygen atoms in total. The fourth-order valence-electron chi connectivity index (χ4n) is 3.69. The van der Waals surface area contributed by atoms with Crippen LogP contribution in [0.15, 0.2) is 24.3 Å². The number of hydrogen-bond acceptors (Lipinski definition) is 4. The minimum Gasteiger partial charge on any atom is -0.373 e. The topological polar surface area (TPSA) is 59.4 Å². The summed E-state index contributed by atoms with van der Waals surface area (Å²) in [6, 6.07) is 6.50. The van der Waals surface area contributed by atoms with Crippen LogP contribution in [0.2, 0.25) is 0 Å². The Morgan fingerprint density at radius 2 is 2.12 bits per heavy atom. The van der Waals surface area contributed by atoms with E-state index in [1.165, 1.54) is 6.07 Å². The number of amides is 1. The van der Waals surface area contributed by atoms with Gasteiger partial charge in [-0.1, -0.05) is 0 Å². The number of aryl methyl sites for hydroxylation is 2. The maximum absolute atomic E-state index is 14.7. The second-order valence-electron chi connectivity index (χ2n) is 6.64. The fraction of sp³-hybridized carbons (Fsp3) is 0.444. The van der Waals surface area contributed by atoms with E-state index in [1.54, 1.807) is 21.7 Å². The highest BCUT2D eigenvalue weighted by Gasteiger charge is 2.38. The van der Waals surface area contributed by atoms with Gasteiger partial charge < -0.3 is 15.0 Å². The van der Waals surface area contributed by atoms with Gasteiger partial charge in [0.15, 0.2) is 0 Å². The van der Waals surface area contributed by atoms with Gasteiger partial charge in [-0.2, -0.15) is 5.10 Å². The molecular formula is C18H22ClFN4O2. The molecule has 1 aromatic heterocycles. The molecule has 2 atom stereocenters. The van der Waals surface area contributed by atoms with Gasteiger partial charge in [0, 0.05) is 30.9 Å². The monoisotopic (exact) mass is 380 g/mol. The zero-order valence-corrected chi connectivity index (χ0v) is 15.6. The van der Waals surface area contributed by atoms with E-state index in [0.29, 0.717) is 30.9 Å². The van der Waals surface area contributed by atoms with E-state index in [9.17, 15) is 9.18 Å². The normalized spacial score (nSPS) is 22.0. The van der Waals surface area contributed by atoms with Crippen molar-refractivity contribution >= 4 is 18.3 Å². The van der Waals surface area contributed by atoms with Crippen molar-refractivity contribution in [3.05, 3.63) is 47.0 Å². The van der Waals surface area contributed by atoms with Gasteiger partial charge in [-0.05, 0) is 38.1 Å². The van der Waals surface area contributed by atoms with Crippen LogP contribution in [0.1, 0.15) is 21.7 Å². The van der Waals surface area contributed by atoms with E-state index in [1.807, 2.05) is 19.9 Å². The Balaban J connectivity index is 0.00000196. The van der Waals surface area contributed by atoms with Crippen molar-refractivity contribution in [3.8, 4) is 5.69 Å². The number of aromatic nitrogens is 2. The molecule has 0 saturated carbocycles. The number of fused-ring (bicyclic) bond motifs is 1. The van der Waals surface area contributed by atoms with Crippen LogP contribution in [0.4, 0.5) is 4.39 Å². The number of ether oxygens (including phenoxy) is 1. The summed E-state index contributed by atoms with van der Waals surface area (Å²) < 4.78 is 21.9. The van der Waals surface area contributed by atoms with Crippen LogP contribution in [0.3, 0.4) is 0 Å². The Morgan fingerprint density at radius 1 is 1.31 bits per heavy atom. The largest absolute Gasteiger partial charge is 0.373 e. The number of morpholine rings is 1. The van der Waals surface area contributed by atoms with Gasteiger partial charge in [-0.25, -0.2) is 9.07 Å². The summed E-state index contributed by atoms with van der Waals surface area (Å²) in [5.74, 6) is -0.604. The number of hydrogen-bond donors (Lipinski definition) is 1. The van der Waals surface area contributed by atoms with Crippen molar-refractivity contribution in [2.24, 2.45) is 0 Å². The van der Waals surface area contributed by atoms with Crippen LogP contribution in [0.5, 0.6) is 0 Å². The number of benzene rings is 1.